The maximum atomic E-state index is 11.8. The molecule has 2 amide bonds. The summed E-state index contributed by atoms with van der Waals surface area (Å²) >= 11 is 0. The SMILES string of the molecule is CCCC(C)(N)C(=O)Nc1c[nH]c(C(N)=O)c1. The molecule has 0 aliphatic carbocycles. The molecule has 1 rings (SSSR count). The Morgan fingerprint density at radius 1 is 1.53 bits per heavy atom. The highest BCUT2D eigenvalue weighted by Gasteiger charge is 2.27. The molecule has 6 heteroatoms. The van der Waals surface area contributed by atoms with Crippen LogP contribution in [-0.2, 0) is 4.79 Å². The van der Waals surface area contributed by atoms with E-state index in [4.69, 9.17) is 11.5 Å². The zero-order chi connectivity index (χ0) is 13.1. The van der Waals surface area contributed by atoms with Gasteiger partial charge < -0.3 is 21.8 Å². The summed E-state index contributed by atoms with van der Waals surface area (Å²) < 4.78 is 0. The van der Waals surface area contributed by atoms with Gasteiger partial charge in [-0.1, -0.05) is 13.3 Å². The van der Waals surface area contributed by atoms with Gasteiger partial charge in [-0.25, -0.2) is 0 Å². The molecule has 6 N–H and O–H groups in total. The second kappa shape index (κ2) is 5.01. The number of primary amides is 1. The molecule has 0 saturated heterocycles. The topological polar surface area (TPSA) is 114 Å². The van der Waals surface area contributed by atoms with Gasteiger partial charge in [0.25, 0.3) is 5.91 Å². The van der Waals surface area contributed by atoms with Crippen molar-refractivity contribution in [2.24, 2.45) is 11.5 Å². The second-order valence-electron chi connectivity index (χ2n) is 4.29. The van der Waals surface area contributed by atoms with Gasteiger partial charge >= 0.3 is 0 Å². The van der Waals surface area contributed by atoms with Gasteiger partial charge in [0, 0.05) is 6.20 Å². The monoisotopic (exact) mass is 238 g/mol. The Labute approximate surface area is 99.7 Å². The Morgan fingerprint density at radius 3 is 2.65 bits per heavy atom. The molecule has 1 heterocycles. The number of hydrogen-bond acceptors (Lipinski definition) is 3. The van der Waals surface area contributed by atoms with Crippen LogP contribution in [0.5, 0.6) is 0 Å². The lowest BCUT2D eigenvalue weighted by atomic mass is 9.96. The summed E-state index contributed by atoms with van der Waals surface area (Å²) in [6, 6.07) is 1.47. The number of carbonyl (C=O) groups excluding carboxylic acids is 2. The summed E-state index contributed by atoms with van der Waals surface area (Å²) in [5.41, 5.74) is 10.8. The zero-order valence-corrected chi connectivity index (χ0v) is 10.0. The first-order chi connectivity index (χ1) is 7.86. The van der Waals surface area contributed by atoms with E-state index in [1.165, 1.54) is 12.3 Å². The lowest BCUT2D eigenvalue weighted by molar-refractivity contribution is -0.120. The highest BCUT2D eigenvalue weighted by atomic mass is 16.2. The van der Waals surface area contributed by atoms with E-state index < -0.39 is 11.4 Å². The molecular formula is C11H18N4O2. The van der Waals surface area contributed by atoms with Crippen LogP contribution in [0.1, 0.15) is 37.2 Å². The number of H-pyrrole nitrogens is 1. The van der Waals surface area contributed by atoms with Gasteiger partial charge in [0.05, 0.1) is 11.2 Å². The predicted molar refractivity (Wildman–Crippen MR) is 65.4 cm³/mol. The second-order valence-corrected chi connectivity index (χ2v) is 4.29. The molecule has 0 saturated carbocycles. The Bertz CT molecular complexity index is 423. The minimum absolute atomic E-state index is 0.245. The average molecular weight is 238 g/mol. The number of aromatic nitrogens is 1. The molecule has 0 radical (unpaired) electrons. The smallest absolute Gasteiger partial charge is 0.265 e. The lowest BCUT2D eigenvalue weighted by Gasteiger charge is -2.22. The largest absolute Gasteiger partial charge is 0.364 e. The number of aromatic amines is 1. The van der Waals surface area contributed by atoms with Gasteiger partial charge in [0.2, 0.25) is 5.91 Å². The normalized spacial score (nSPS) is 14.1. The van der Waals surface area contributed by atoms with Crippen LogP contribution >= 0.6 is 0 Å². The van der Waals surface area contributed by atoms with Gasteiger partial charge in [-0.2, -0.15) is 0 Å². The van der Waals surface area contributed by atoms with Crippen LogP contribution in [0.4, 0.5) is 5.69 Å². The highest BCUT2D eigenvalue weighted by molar-refractivity contribution is 5.99. The third kappa shape index (κ3) is 3.32. The maximum absolute atomic E-state index is 11.8. The molecular weight excluding hydrogens is 220 g/mol. The van der Waals surface area contributed by atoms with Crippen LogP contribution in [-0.4, -0.2) is 22.3 Å². The van der Waals surface area contributed by atoms with E-state index in [-0.39, 0.29) is 11.6 Å². The van der Waals surface area contributed by atoms with E-state index >= 15 is 0 Å². The first-order valence-corrected chi connectivity index (χ1v) is 5.45. The van der Waals surface area contributed by atoms with Crippen LogP contribution < -0.4 is 16.8 Å². The maximum Gasteiger partial charge on any atom is 0.265 e. The molecule has 94 valence electrons. The van der Waals surface area contributed by atoms with Crippen LogP contribution in [0.25, 0.3) is 0 Å². The summed E-state index contributed by atoms with van der Waals surface area (Å²) in [7, 11) is 0. The van der Waals surface area contributed by atoms with Crippen molar-refractivity contribution >= 4 is 17.5 Å². The van der Waals surface area contributed by atoms with Crippen molar-refractivity contribution in [2.45, 2.75) is 32.2 Å². The van der Waals surface area contributed by atoms with Crippen molar-refractivity contribution in [3.8, 4) is 0 Å². The first-order valence-electron chi connectivity index (χ1n) is 5.45. The highest BCUT2D eigenvalue weighted by Crippen LogP contribution is 2.14. The fourth-order valence-corrected chi connectivity index (χ4v) is 1.52. The Morgan fingerprint density at radius 2 is 2.18 bits per heavy atom. The van der Waals surface area contributed by atoms with E-state index in [1.54, 1.807) is 6.92 Å². The Kier molecular flexibility index (Phi) is 3.90. The molecule has 0 spiro atoms. The molecule has 0 fully saturated rings. The molecule has 6 nitrogen and oxygen atoms in total. The summed E-state index contributed by atoms with van der Waals surface area (Å²) in [5, 5.41) is 2.64. The van der Waals surface area contributed by atoms with Crippen LogP contribution in [0.2, 0.25) is 0 Å². The fourth-order valence-electron chi connectivity index (χ4n) is 1.52. The Balaban J connectivity index is 2.70. The lowest BCUT2D eigenvalue weighted by Crippen LogP contribution is -2.48. The number of rotatable bonds is 5. The number of amides is 2. The molecule has 0 aromatic carbocycles. The third-order valence-electron chi connectivity index (χ3n) is 2.49. The molecule has 17 heavy (non-hydrogen) atoms. The molecule has 1 unspecified atom stereocenters. The number of nitrogens with one attached hydrogen (secondary N) is 2. The average Bonchev–Trinajstić information content (AvgIpc) is 2.66. The summed E-state index contributed by atoms with van der Waals surface area (Å²) in [6.07, 6.45) is 2.91. The number of nitrogens with two attached hydrogens (primary N) is 2. The molecule has 0 aliphatic rings. The minimum atomic E-state index is -0.918. The van der Waals surface area contributed by atoms with E-state index in [2.05, 4.69) is 10.3 Å². The van der Waals surface area contributed by atoms with E-state index in [0.717, 1.165) is 6.42 Å². The molecule has 1 atom stereocenters. The zero-order valence-electron chi connectivity index (χ0n) is 10.0. The summed E-state index contributed by atoms with van der Waals surface area (Å²) in [4.78, 5) is 25.4. The van der Waals surface area contributed by atoms with E-state index in [1.807, 2.05) is 6.92 Å². The Hall–Kier alpha value is -1.82. The van der Waals surface area contributed by atoms with Crippen LogP contribution in [0.3, 0.4) is 0 Å². The van der Waals surface area contributed by atoms with Crippen molar-refractivity contribution in [1.29, 1.82) is 0 Å². The van der Waals surface area contributed by atoms with Crippen molar-refractivity contribution in [3.63, 3.8) is 0 Å². The fraction of sp³-hybridized carbons (Fsp3) is 0.455. The summed E-state index contributed by atoms with van der Waals surface area (Å²) in [5.74, 6) is -0.857. The number of carbonyl (C=O) groups is 2. The van der Waals surface area contributed by atoms with Gasteiger partial charge in [-0.05, 0) is 19.4 Å². The van der Waals surface area contributed by atoms with Crippen molar-refractivity contribution in [1.82, 2.24) is 4.98 Å². The predicted octanol–water partition coefficient (Wildman–Crippen LogP) is 0.570. The van der Waals surface area contributed by atoms with Crippen molar-refractivity contribution < 1.29 is 9.59 Å². The van der Waals surface area contributed by atoms with Crippen LogP contribution in [0.15, 0.2) is 12.3 Å². The van der Waals surface area contributed by atoms with Crippen LogP contribution in [0, 0.1) is 0 Å². The van der Waals surface area contributed by atoms with Crippen molar-refractivity contribution in [3.05, 3.63) is 18.0 Å². The summed E-state index contributed by atoms with van der Waals surface area (Å²) in [6.45, 7) is 3.63. The van der Waals surface area contributed by atoms with Gasteiger partial charge in [0.1, 0.15) is 5.69 Å². The van der Waals surface area contributed by atoms with Gasteiger partial charge in [-0.3, -0.25) is 9.59 Å². The van der Waals surface area contributed by atoms with E-state index in [0.29, 0.717) is 12.1 Å². The quantitative estimate of drug-likeness (QED) is 0.601. The molecule has 1 aromatic rings. The van der Waals surface area contributed by atoms with E-state index in [9.17, 15) is 9.59 Å². The molecule has 0 bridgehead atoms. The minimum Gasteiger partial charge on any atom is -0.364 e. The van der Waals surface area contributed by atoms with Crippen molar-refractivity contribution in [2.75, 3.05) is 5.32 Å². The number of hydrogen-bond donors (Lipinski definition) is 4. The number of anilines is 1. The third-order valence-corrected chi connectivity index (χ3v) is 2.49. The van der Waals surface area contributed by atoms with Gasteiger partial charge in [0.15, 0.2) is 0 Å². The molecule has 1 aromatic heterocycles. The first kappa shape index (κ1) is 13.2. The standard InChI is InChI=1S/C11H18N4O2/c1-3-4-11(2,13)10(17)15-7-5-8(9(12)16)14-6-7/h5-6,14H,3-4,13H2,1-2H3,(H2,12,16)(H,15,17). The molecule has 0 aliphatic heterocycles. The van der Waals surface area contributed by atoms with Gasteiger partial charge in [-0.15, -0.1) is 0 Å².